The van der Waals surface area contributed by atoms with Crippen LogP contribution in [0.1, 0.15) is 12.8 Å². The smallest absolute Gasteiger partial charge is 0.225 e. The summed E-state index contributed by atoms with van der Waals surface area (Å²) in [6.07, 6.45) is 1.84. The molecule has 5 heteroatoms. The third-order valence-electron chi connectivity index (χ3n) is 3.94. The van der Waals surface area contributed by atoms with Crippen molar-refractivity contribution in [2.24, 2.45) is 5.92 Å². The van der Waals surface area contributed by atoms with Gasteiger partial charge in [-0.25, -0.2) is 4.39 Å². The summed E-state index contributed by atoms with van der Waals surface area (Å²) < 4.78 is 13.5. The van der Waals surface area contributed by atoms with Crippen LogP contribution in [0.5, 0.6) is 0 Å². The molecule has 2 aliphatic rings. The minimum atomic E-state index is -0.396. The van der Waals surface area contributed by atoms with E-state index in [-0.39, 0.29) is 23.6 Å². The molecule has 1 aromatic carbocycles. The van der Waals surface area contributed by atoms with E-state index in [4.69, 9.17) is 5.73 Å². The molecular formula is C13H16FN3O. The van der Waals surface area contributed by atoms with E-state index in [9.17, 15) is 9.18 Å². The van der Waals surface area contributed by atoms with Crippen molar-refractivity contribution in [1.29, 1.82) is 0 Å². The molecule has 0 aliphatic carbocycles. The predicted molar refractivity (Wildman–Crippen MR) is 67.7 cm³/mol. The van der Waals surface area contributed by atoms with Crippen molar-refractivity contribution in [1.82, 2.24) is 5.32 Å². The molecule has 0 radical (unpaired) electrons. The number of fused-ring (bicyclic) bond motifs is 1. The van der Waals surface area contributed by atoms with Gasteiger partial charge < -0.3 is 16.0 Å². The van der Waals surface area contributed by atoms with Gasteiger partial charge in [-0.1, -0.05) is 6.07 Å². The number of halogens is 1. The number of carbonyl (C=O) groups excluding carboxylic acids is 1. The van der Waals surface area contributed by atoms with Gasteiger partial charge in [-0.2, -0.15) is 0 Å². The molecule has 2 saturated heterocycles. The number of benzene rings is 1. The summed E-state index contributed by atoms with van der Waals surface area (Å²) in [6.45, 7) is 1.45. The van der Waals surface area contributed by atoms with Crippen LogP contribution in [0, 0.1) is 11.7 Å². The summed E-state index contributed by atoms with van der Waals surface area (Å²) in [5.41, 5.74) is 6.70. The molecule has 96 valence electrons. The van der Waals surface area contributed by atoms with E-state index in [1.165, 1.54) is 6.07 Å². The molecule has 3 N–H and O–H groups in total. The van der Waals surface area contributed by atoms with Crippen molar-refractivity contribution < 1.29 is 9.18 Å². The Morgan fingerprint density at radius 2 is 2.28 bits per heavy atom. The van der Waals surface area contributed by atoms with Gasteiger partial charge in [0.1, 0.15) is 5.82 Å². The summed E-state index contributed by atoms with van der Waals surface area (Å²) in [5.74, 6) is -0.270. The van der Waals surface area contributed by atoms with Crippen LogP contribution in [0.2, 0.25) is 0 Å². The number of hydrogen-bond acceptors (Lipinski definition) is 3. The molecule has 0 spiro atoms. The average molecular weight is 249 g/mol. The maximum Gasteiger partial charge on any atom is 0.225 e. The highest BCUT2D eigenvalue weighted by Crippen LogP contribution is 2.35. The van der Waals surface area contributed by atoms with Crippen LogP contribution in [0.3, 0.4) is 0 Å². The van der Waals surface area contributed by atoms with Gasteiger partial charge in [-0.15, -0.1) is 0 Å². The lowest BCUT2D eigenvalue weighted by atomic mass is 9.91. The highest BCUT2D eigenvalue weighted by molar-refractivity contribution is 5.83. The SMILES string of the molecule is Nc1c(F)cccc1N1CCCC2C(=O)NCC21. The van der Waals surface area contributed by atoms with Gasteiger partial charge in [0.15, 0.2) is 0 Å². The van der Waals surface area contributed by atoms with Crippen molar-refractivity contribution in [3.8, 4) is 0 Å². The Morgan fingerprint density at radius 1 is 1.44 bits per heavy atom. The predicted octanol–water partition coefficient (Wildman–Crippen LogP) is 1.12. The zero-order valence-electron chi connectivity index (χ0n) is 10.0. The van der Waals surface area contributed by atoms with Crippen molar-refractivity contribution in [3.63, 3.8) is 0 Å². The first kappa shape index (κ1) is 11.3. The van der Waals surface area contributed by atoms with Crippen molar-refractivity contribution in [3.05, 3.63) is 24.0 Å². The minimum Gasteiger partial charge on any atom is -0.395 e. The normalized spacial score (nSPS) is 26.9. The number of rotatable bonds is 1. The van der Waals surface area contributed by atoms with Crippen molar-refractivity contribution in [2.75, 3.05) is 23.7 Å². The molecule has 2 fully saturated rings. The number of hydrogen-bond donors (Lipinski definition) is 2. The van der Waals surface area contributed by atoms with Crippen molar-refractivity contribution in [2.45, 2.75) is 18.9 Å². The fraction of sp³-hybridized carbons (Fsp3) is 0.462. The zero-order chi connectivity index (χ0) is 12.7. The van der Waals surface area contributed by atoms with Gasteiger partial charge in [0, 0.05) is 13.1 Å². The van der Waals surface area contributed by atoms with Gasteiger partial charge in [-0.3, -0.25) is 4.79 Å². The van der Waals surface area contributed by atoms with Gasteiger partial charge >= 0.3 is 0 Å². The molecule has 2 aliphatic heterocycles. The van der Waals surface area contributed by atoms with Gasteiger partial charge in [0.25, 0.3) is 0 Å². The molecule has 3 rings (SSSR count). The monoisotopic (exact) mass is 249 g/mol. The standard InChI is InChI=1S/C13H16FN3O/c14-9-4-1-5-10(12(9)15)17-6-2-3-8-11(17)7-16-13(8)18/h1,4-5,8,11H,2-3,6-7,15H2,(H,16,18). The fourth-order valence-electron chi connectivity index (χ4n) is 3.03. The van der Waals surface area contributed by atoms with Crippen molar-refractivity contribution >= 4 is 17.3 Å². The second-order valence-corrected chi connectivity index (χ2v) is 4.93. The van der Waals surface area contributed by atoms with E-state index in [1.807, 2.05) is 6.07 Å². The fourth-order valence-corrected chi connectivity index (χ4v) is 3.03. The molecule has 18 heavy (non-hydrogen) atoms. The summed E-state index contributed by atoms with van der Waals surface area (Å²) in [4.78, 5) is 13.8. The third kappa shape index (κ3) is 1.62. The highest BCUT2D eigenvalue weighted by atomic mass is 19.1. The number of nitrogens with one attached hydrogen (secondary N) is 1. The quantitative estimate of drug-likeness (QED) is 0.733. The van der Waals surface area contributed by atoms with Crippen LogP contribution in [0.15, 0.2) is 18.2 Å². The molecule has 0 bridgehead atoms. The topological polar surface area (TPSA) is 58.4 Å². The second-order valence-electron chi connectivity index (χ2n) is 4.93. The zero-order valence-corrected chi connectivity index (χ0v) is 10.0. The number of nitrogens with zero attached hydrogens (tertiary/aromatic N) is 1. The molecule has 0 aromatic heterocycles. The van der Waals surface area contributed by atoms with Gasteiger partial charge in [-0.05, 0) is 25.0 Å². The lowest BCUT2D eigenvalue weighted by Gasteiger charge is -2.38. The maximum atomic E-state index is 13.5. The van der Waals surface area contributed by atoms with Crippen LogP contribution in [-0.4, -0.2) is 25.0 Å². The summed E-state index contributed by atoms with van der Waals surface area (Å²) >= 11 is 0. The summed E-state index contributed by atoms with van der Waals surface area (Å²) in [7, 11) is 0. The van der Waals surface area contributed by atoms with E-state index in [0.29, 0.717) is 12.2 Å². The first-order chi connectivity index (χ1) is 8.68. The Hall–Kier alpha value is -1.78. The molecule has 0 saturated carbocycles. The number of para-hydroxylation sites is 1. The first-order valence-corrected chi connectivity index (χ1v) is 6.27. The minimum absolute atomic E-state index is 0.0152. The third-order valence-corrected chi connectivity index (χ3v) is 3.94. The number of carbonyl (C=O) groups is 1. The lowest BCUT2D eigenvalue weighted by Crippen LogP contribution is -2.46. The van der Waals surface area contributed by atoms with E-state index >= 15 is 0 Å². The largest absolute Gasteiger partial charge is 0.395 e. The Balaban J connectivity index is 1.96. The first-order valence-electron chi connectivity index (χ1n) is 6.27. The Kier molecular flexibility index (Phi) is 2.61. The van der Waals surface area contributed by atoms with E-state index in [0.717, 1.165) is 19.4 Å². The molecule has 1 amide bonds. The number of nitrogens with two attached hydrogens (primary N) is 1. The Morgan fingerprint density at radius 3 is 3.11 bits per heavy atom. The Bertz CT molecular complexity index is 491. The van der Waals surface area contributed by atoms with E-state index in [2.05, 4.69) is 10.2 Å². The Labute approximate surface area is 105 Å². The van der Waals surface area contributed by atoms with Crippen LogP contribution in [0.25, 0.3) is 0 Å². The van der Waals surface area contributed by atoms with E-state index < -0.39 is 5.82 Å². The molecule has 2 atom stereocenters. The lowest BCUT2D eigenvalue weighted by molar-refractivity contribution is -0.122. The number of piperidine rings is 1. The molecular weight excluding hydrogens is 233 g/mol. The molecule has 1 aromatic rings. The second kappa shape index (κ2) is 4.15. The maximum absolute atomic E-state index is 13.5. The number of nitrogen functional groups attached to an aromatic ring is 1. The van der Waals surface area contributed by atoms with Crippen LogP contribution >= 0.6 is 0 Å². The molecule has 4 nitrogen and oxygen atoms in total. The molecule has 2 heterocycles. The number of amides is 1. The molecule has 2 unspecified atom stereocenters. The van der Waals surface area contributed by atoms with Gasteiger partial charge in [0.05, 0.1) is 23.3 Å². The van der Waals surface area contributed by atoms with Crippen LogP contribution < -0.4 is 16.0 Å². The van der Waals surface area contributed by atoms with Gasteiger partial charge in [0.2, 0.25) is 5.91 Å². The van der Waals surface area contributed by atoms with E-state index in [1.54, 1.807) is 6.07 Å². The summed E-state index contributed by atoms with van der Waals surface area (Å²) in [6, 6.07) is 4.95. The van der Waals surface area contributed by atoms with Crippen LogP contribution in [0.4, 0.5) is 15.8 Å². The summed E-state index contributed by atoms with van der Waals surface area (Å²) in [5, 5.41) is 2.88. The number of anilines is 2. The highest BCUT2D eigenvalue weighted by Gasteiger charge is 2.41. The average Bonchev–Trinajstić information content (AvgIpc) is 2.75. The van der Waals surface area contributed by atoms with Crippen LogP contribution in [-0.2, 0) is 4.79 Å².